The predicted molar refractivity (Wildman–Crippen MR) is 65.0 cm³/mol. The van der Waals surface area contributed by atoms with Crippen LogP contribution in [-0.4, -0.2) is 13.0 Å². The first kappa shape index (κ1) is 11.8. The summed E-state index contributed by atoms with van der Waals surface area (Å²) in [5.74, 6) is 0.0542. The molecule has 2 nitrogen and oxygen atoms in total. The zero-order valence-electron chi connectivity index (χ0n) is 9.92. The van der Waals surface area contributed by atoms with Crippen LogP contribution in [0.3, 0.4) is 0 Å². The summed E-state index contributed by atoms with van der Waals surface area (Å²) in [4.78, 5) is 11.2. The highest BCUT2D eigenvalue weighted by Gasteiger charge is 2.12. The summed E-state index contributed by atoms with van der Waals surface area (Å²) in [5, 5.41) is 2.62. The Balaban J connectivity index is 0.00000225. The Morgan fingerprint density at radius 3 is 2.20 bits per heavy atom. The van der Waals surface area contributed by atoms with Crippen molar-refractivity contribution < 1.29 is 6.22 Å². The molecule has 0 bridgehead atoms. The number of amides is 1. The van der Waals surface area contributed by atoms with Crippen LogP contribution in [0.15, 0.2) is 24.3 Å². The quantitative estimate of drug-likeness (QED) is 0.793. The van der Waals surface area contributed by atoms with Crippen LogP contribution in [0.5, 0.6) is 0 Å². The minimum absolute atomic E-state index is 0. The van der Waals surface area contributed by atoms with Gasteiger partial charge in [0.1, 0.15) is 0 Å². The summed E-state index contributed by atoms with van der Waals surface area (Å²) < 4.78 is 0. The molecule has 0 heterocycles. The van der Waals surface area contributed by atoms with Crippen molar-refractivity contribution >= 4 is 5.91 Å². The van der Waals surface area contributed by atoms with Gasteiger partial charge >= 0.3 is 0 Å². The lowest BCUT2D eigenvalue weighted by Crippen LogP contribution is -2.20. The van der Waals surface area contributed by atoms with Crippen molar-refractivity contribution in [1.29, 1.82) is 0 Å². The van der Waals surface area contributed by atoms with Crippen LogP contribution in [0.4, 0.5) is 0 Å². The van der Waals surface area contributed by atoms with E-state index in [4.69, 9.17) is 0 Å². The molecular formula is C13H21NO. The molecule has 1 amide bonds. The van der Waals surface area contributed by atoms with Gasteiger partial charge in [-0.15, -0.1) is 0 Å². The summed E-state index contributed by atoms with van der Waals surface area (Å²) >= 11 is 0. The molecular weight excluding hydrogens is 186 g/mol. The van der Waals surface area contributed by atoms with Crippen LogP contribution in [-0.2, 0) is 16.6 Å². The van der Waals surface area contributed by atoms with Gasteiger partial charge in [-0.3, -0.25) is 4.79 Å². The lowest BCUT2D eigenvalue weighted by Gasteiger charge is -2.19. The van der Waals surface area contributed by atoms with Crippen LogP contribution in [0.25, 0.3) is 0 Å². The molecule has 0 aromatic heterocycles. The molecule has 0 aliphatic heterocycles. The van der Waals surface area contributed by atoms with E-state index in [-0.39, 0.29) is 12.7 Å². The van der Waals surface area contributed by atoms with Gasteiger partial charge in [-0.05, 0) is 16.5 Å². The molecule has 0 unspecified atom stereocenters. The van der Waals surface area contributed by atoms with Crippen molar-refractivity contribution in [2.75, 3.05) is 7.05 Å². The minimum atomic E-state index is 0. The second-order valence-electron chi connectivity index (χ2n) is 4.80. The van der Waals surface area contributed by atoms with E-state index in [0.717, 1.165) is 5.56 Å². The molecule has 0 saturated heterocycles. The first-order valence-electron chi connectivity index (χ1n) is 5.23. The van der Waals surface area contributed by atoms with Gasteiger partial charge in [0.2, 0.25) is 5.91 Å². The average molecular weight is 207 g/mol. The number of benzene rings is 1. The molecule has 15 heavy (non-hydrogen) atoms. The highest BCUT2D eigenvalue weighted by atomic mass is 16.1. The van der Waals surface area contributed by atoms with Crippen molar-refractivity contribution in [3.05, 3.63) is 35.4 Å². The van der Waals surface area contributed by atoms with E-state index < -0.39 is 0 Å². The van der Waals surface area contributed by atoms with Gasteiger partial charge in [0.05, 0.1) is 6.42 Å². The molecule has 1 aromatic rings. The van der Waals surface area contributed by atoms with Gasteiger partial charge in [-0.2, -0.15) is 0 Å². The number of nitrogens with one attached hydrogen (secondary N) is 1. The van der Waals surface area contributed by atoms with E-state index in [2.05, 4.69) is 38.2 Å². The smallest absolute Gasteiger partial charge is 0.224 e. The van der Waals surface area contributed by atoms with Gasteiger partial charge in [-0.25, -0.2) is 0 Å². The molecule has 0 saturated carbocycles. The molecule has 0 aliphatic rings. The normalized spacial score (nSPS) is 11.2. The largest absolute Gasteiger partial charge is 0.359 e. The average Bonchev–Trinajstić information content (AvgIpc) is 2.17. The number of hydrogen-bond acceptors (Lipinski definition) is 1. The van der Waals surface area contributed by atoms with Crippen LogP contribution in [0.2, 0.25) is 0 Å². The fourth-order valence-electron chi connectivity index (χ4n) is 1.40. The summed E-state index contributed by atoms with van der Waals surface area (Å²) in [7, 11) is 1.66. The van der Waals surface area contributed by atoms with E-state index >= 15 is 0 Å². The Hall–Kier alpha value is -1.31. The van der Waals surface area contributed by atoms with Crippen molar-refractivity contribution in [2.45, 2.75) is 32.6 Å². The summed E-state index contributed by atoms with van der Waals surface area (Å²) in [6, 6.07) is 8.24. The Bertz CT molecular complexity index is 338. The monoisotopic (exact) mass is 207 g/mol. The zero-order chi connectivity index (χ0) is 11.5. The first-order chi connectivity index (χ1) is 6.93. The van der Waals surface area contributed by atoms with Crippen molar-refractivity contribution in [3.63, 3.8) is 0 Å². The summed E-state index contributed by atoms with van der Waals surface area (Å²) in [5.41, 5.74) is 2.52. The lowest BCUT2D eigenvalue weighted by atomic mass is 9.86. The zero-order valence-corrected chi connectivity index (χ0v) is 9.92. The van der Waals surface area contributed by atoms with E-state index in [0.29, 0.717) is 6.42 Å². The molecule has 0 radical (unpaired) electrons. The fourth-order valence-corrected chi connectivity index (χ4v) is 1.40. The van der Waals surface area contributed by atoms with Crippen molar-refractivity contribution in [1.82, 2.24) is 5.32 Å². The lowest BCUT2D eigenvalue weighted by molar-refractivity contribution is -0.119. The van der Waals surface area contributed by atoms with E-state index in [1.807, 2.05) is 12.1 Å². The summed E-state index contributed by atoms with van der Waals surface area (Å²) in [6.07, 6.45) is 0.459. The Morgan fingerprint density at radius 2 is 1.80 bits per heavy atom. The maximum Gasteiger partial charge on any atom is 0.224 e. The third-order valence-corrected chi connectivity index (χ3v) is 2.46. The topological polar surface area (TPSA) is 29.1 Å². The van der Waals surface area contributed by atoms with E-state index in [1.54, 1.807) is 7.05 Å². The molecule has 1 aromatic carbocycles. The number of rotatable bonds is 2. The van der Waals surface area contributed by atoms with Crippen LogP contribution >= 0.6 is 0 Å². The molecule has 84 valence electrons. The molecule has 1 N–H and O–H groups in total. The number of carbonyl (C=O) groups is 1. The van der Waals surface area contributed by atoms with Gasteiger partial charge in [0.25, 0.3) is 0 Å². The summed E-state index contributed by atoms with van der Waals surface area (Å²) in [6.45, 7) is 6.54. The predicted octanol–water partition coefficient (Wildman–Crippen LogP) is 2.52. The van der Waals surface area contributed by atoms with Gasteiger partial charge in [0, 0.05) is 8.47 Å². The van der Waals surface area contributed by atoms with Gasteiger partial charge in [0.15, 0.2) is 0 Å². The second kappa shape index (κ2) is 4.47. The molecule has 0 atom stereocenters. The van der Waals surface area contributed by atoms with Crippen molar-refractivity contribution in [3.8, 4) is 0 Å². The number of hydrogen-bond donors (Lipinski definition) is 1. The third kappa shape index (κ3) is 3.39. The van der Waals surface area contributed by atoms with E-state index in [1.165, 1.54) is 5.56 Å². The Kier molecular flexibility index (Phi) is 3.51. The standard InChI is InChI=1S/C13H19NO.H2/c1-13(2,3)11-7-5-10(6-8-11)9-12(15)14-4;/h5-8H,9H2,1-4H3,(H,14,15);1H. The Morgan fingerprint density at radius 1 is 1.27 bits per heavy atom. The van der Waals surface area contributed by atoms with Gasteiger partial charge in [-0.1, -0.05) is 45.0 Å². The molecule has 0 spiro atoms. The molecule has 2 heteroatoms. The van der Waals surface area contributed by atoms with E-state index in [9.17, 15) is 4.79 Å². The molecule has 0 fully saturated rings. The fraction of sp³-hybridized carbons (Fsp3) is 0.462. The maximum absolute atomic E-state index is 11.2. The molecule has 1 rings (SSSR count). The number of likely N-dealkylation sites (N-methyl/N-ethyl adjacent to an activating group) is 1. The maximum atomic E-state index is 11.2. The highest BCUT2D eigenvalue weighted by molar-refractivity contribution is 5.78. The minimum Gasteiger partial charge on any atom is -0.359 e. The molecule has 0 aliphatic carbocycles. The first-order valence-corrected chi connectivity index (χ1v) is 5.23. The Labute approximate surface area is 93.2 Å². The second-order valence-corrected chi connectivity index (χ2v) is 4.80. The highest BCUT2D eigenvalue weighted by Crippen LogP contribution is 2.22. The number of carbonyl (C=O) groups excluding carboxylic acids is 1. The SMILES string of the molecule is CNC(=O)Cc1ccc(C(C)(C)C)cc1.[HH]. The van der Waals surface area contributed by atoms with Gasteiger partial charge < -0.3 is 5.32 Å². The van der Waals surface area contributed by atoms with Crippen LogP contribution in [0.1, 0.15) is 33.3 Å². The van der Waals surface area contributed by atoms with Crippen LogP contribution < -0.4 is 5.32 Å². The third-order valence-electron chi connectivity index (χ3n) is 2.46. The van der Waals surface area contributed by atoms with Crippen molar-refractivity contribution in [2.24, 2.45) is 0 Å². The van der Waals surface area contributed by atoms with Crippen LogP contribution in [0, 0.1) is 0 Å².